The monoisotopic (exact) mass is 243 g/mol. The SMILES string of the molecule is CCOC(=O)C(N)Cc1ccc(C(F)F)cc1. The van der Waals surface area contributed by atoms with Gasteiger partial charge in [0.2, 0.25) is 0 Å². The van der Waals surface area contributed by atoms with Crippen molar-refractivity contribution in [2.45, 2.75) is 25.8 Å². The lowest BCUT2D eigenvalue weighted by molar-refractivity contribution is -0.144. The van der Waals surface area contributed by atoms with Crippen molar-refractivity contribution < 1.29 is 18.3 Å². The number of halogens is 2. The molecule has 1 aromatic carbocycles. The van der Waals surface area contributed by atoms with Crippen LogP contribution in [-0.2, 0) is 16.0 Å². The summed E-state index contributed by atoms with van der Waals surface area (Å²) in [4.78, 5) is 11.3. The molecule has 0 amide bonds. The third-order valence-electron chi connectivity index (χ3n) is 2.28. The first kappa shape index (κ1) is 13.6. The van der Waals surface area contributed by atoms with Gasteiger partial charge in [-0.25, -0.2) is 8.78 Å². The van der Waals surface area contributed by atoms with E-state index in [1.165, 1.54) is 12.1 Å². The first-order chi connectivity index (χ1) is 8.04. The minimum absolute atomic E-state index is 0.0431. The molecule has 0 bridgehead atoms. The van der Waals surface area contributed by atoms with Crippen LogP contribution in [0.4, 0.5) is 8.78 Å². The maximum Gasteiger partial charge on any atom is 0.323 e. The van der Waals surface area contributed by atoms with Crippen LogP contribution in [0.2, 0.25) is 0 Å². The predicted octanol–water partition coefficient (Wildman–Crippen LogP) is 2.06. The Labute approximate surface area is 98.6 Å². The largest absolute Gasteiger partial charge is 0.465 e. The summed E-state index contributed by atoms with van der Waals surface area (Å²) in [6.45, 7) is 1.97. The van der Waals surface area contributed by atoms with E-state index in [9.17, 15) is 13.6 Å². The topological polar surface area (TPSA) is 52.3 Å². The van der Waals surface area contributed by atoms with Crippen molar-refractivity contribution in [1.29, 1.82) is 0 Å². The van der Waals surface area contributed by atoms with Crippen LogP contribution in [0.3, 0.4) is 0 Å². The number of esters is 1. The second-order valence-corrected chi connectivity index (χ2v) is 3.60. The number of benzene rings is 1. The van der Waals surface area contributed by atoms with Gasteiger partial charge in [0.15, 0.2) is 0 Å². The molecule has 0 saturated heterocycles. The van der Waals surface area contributed by atoms with E-state index >= 15 is 0 Å². The Kier molecular flexibility index (Phi) is 5.03. The molecule has 0 fully saturated rings. The fraction of sp³-hybridized carbons (Fsp3) is 0.417. The highest BCUT2D eigenvalue weighted by atomic mass is 19.3. The quantitative estimate of drug-likeness (QED) is 0.805. The van der Waals surface area contributed by atoms with Crippen LogP contribution in [0.25, 0.3) is 0 Å². The van der Waals surface area contributed by atoms with Gasteiger partial charge in [-0.3, -0.25) is 4.79 Å². The van der Waals surface area contributed by atoms with Gasteiger partial charge in [0, 0.05) is 5.56 Å². The predicted molar refractivity (Wildman–Crippen MR) is 59.7 cm³/mol. The second kappa shape index (κ2) is 6.30. The highest BCUT2D eigenvalue weighted by molar-refractivity contribution is 5.75. The van der Waals surface area contributed by atoms with Gasteiger partial charge in [0.05, 0.1) is 6.61 Å². The van der Waals surface area contributed by atoms with Crippen LogP contribution < -0.4 is 5.73 Å². The van der Waals surface area contributed by atoms with Gasteiger partial charge in [0.1, 0.15) is 6.04 Å². The van der Waals surface area contributed by atoms with Crippen molar-refractivity contribution >= 4 is 5.97 Å². The van der Waals surface area contributed by atoms with Crippen LogP contribution in [-0.4, -0.2) is 18.6 Å². The number of nitrogens with two attached hydrogens (primary N) is 1. The van der Waals surface area contributed by atoms with Crippen molar-refractivity contribution in [3.63, 3.8) is 0 Å². The maximum absolute atomic E-state index is 12.3. The van der Waals surface area contributed by atoms with Gasteiger partial charge in [-0.15, -0.1) is 0 Å². The number of ether oxygens (including phenoxy) is 1. The molecule has 2 N–H and O–H groups in total. The minimum atomic E-state index is -2.48. The molecule has 1 rings (SSSR count). The Bertz CT molecular complexity index is 365. The molecule has 0 aliphatic heterocycles. The molecule has 0 aliphatic rings. The molecule has 5 heteroatoms. The smallest absolute Gasteiger partial charge is 0.323 e. The molecule has 0 radical (unpaired) electrons. The molecule has 0 spiro atoms. The number of carbonyl (C=O) groups is 1. The normalized spacial score (nSPS) is 12.5. The van der Waals surface area contributed by atoms with Crippen LogP contribution in [0.1, 0.15) is 24.5 Å². The maximum atomic E-state index is 12.3. The average molecular weight is 243 g/mol. The number of hydrogen-bond donors (Lipinski definition) is 1. The van der Waals surface area contributed by atoms with E-state index in [-0.39, 0.29) is 18.6 Å². The zero-order chi connectivity index (χ0) is 12.8. The Morgan fingerprint density at radius 1 is 1.35 bits per heavy atom. The Balaban J connectivity index is 2.60. The van der Waals surface area contributed by atoms with Crippen LogP contribution in [0.15, 0.2) is 24.3 Å². The second-order valence-electron chi connectivity index (χ2n) is 3.60. The van der Waals surface area contributed by atoms with Crippen molar-refractivity contribution in [3.8, 4) is 0 Å². The van der Waals surface area contributed by atoms with Crippen molar-refractivity contribution in [1.82, 2.24) is 0 Å². The molecular formula is C12H15F2NO2. The summed E-state index contributed by atoms with van der Waals surface area (Å²) in [5, 5.41) is 0. The van der Waals surface area contributed by atoms with Crippen molar-refractivity contribution in [3.05, 3.63) is 35.4 Å². The lowest BCUT2D eigenvalue weighted by atomic mass is 10.0. The zero-order valence-electron chi connectivity index (χ0n) is 9.53. The van der Waals surface area contributed by atoms with Gasteiger partial charge < -0.3 is 10.5 Å². The highest BCUT2D eigenvalue weighted by Gasteiger charge is 2.15. The van der Waals surface area contributed by atoms with Crippen LogP contribution in [0, 0.1) is 0 Å². The standard InChI is InChI=1S/C12H15F2NO2/c1-2-17-12(16)10(15)7-8-3-5-9(6-4-8)11(13)14/h3-6,10-11H,2,7,15H2,1H3. The molecular weight excluding hydrogens is 228 g/mol. The van der Waals surface area contributed by atoms with E-state index in [4.69, 9.17) is 10.5 Å². The summed E-state index contributed by atoms with van der Waals surface area (Å²) >= 11 is 0. The first-order valence-corrected chi connectivity index (χ1v) is 5.33. The first-order valence-electron chi connectivity index (χ1n) is 5.33. The molecule has 0 heterocycles. The van der Waals surface area contributed by atoms with Gasteiger partial charge in [-0.05, 0) is 18.9 Å². The van der Waals surface area contributed by atoms with Crippen LogP contribution >= 0.6 is 0 Å². The summed E-state index contributed by atoms with van der Waals surface area (Å²) in [5.74, 6) is -0.481. The van der Waals surface area contributed by atoms with E-state index < -0.39 is 18.4 Å². The Hall–Kier alpha value is -1.49. The summed E-state index contributed by atoms with van der Waals surface area (Å²) < 4.78 is 29.3. The number of hydrogen-bond acceptors (Lipinski definition) is 3. The van der Waals surface area contributed by atoms with E-state index in [0.717, 1.165) is 5.56 Å². The molecule has 0 aliphatic carbocycles. The molecule has 17 heavy (non-hydrogen) atoms. The summed E-state index contributed by atoms with van der Waals surface area (Å²) in [6, 6.07) is 4.99. The summed E-state index contributed by atoms with van der Waals surface area (Å²) in [7, 11) is 0. The number of carbonyl (C=O) groups excluding carboxylic acids is 1. The fourth-order valence-electron chi connectivity index (χ4n) is 1.39. The summed E-state index contributed by atoms with van der Waals surface area (Å²) in [6.07, 6.45) is -2.20. The van der Waals surface area contributed by atoms with E-state index in [1.807, 2.05) is 0 Å². The van der Waals surface area contributed by atoms with Crippen LogP contribution in [0.5, 0.6) is 0 Å². The van der Waals surface area contributed by atoms with Gasteiger partial charge in [0.25, 0.3) is 6.43 Å². The zero-order valence-corrected chi connectivity index (χ0v) is 9.53. The molecule has 0 aromatic heterocycles. The third-order valence-corrected chi connectivity index (χ3v) is 2.28. The van der Waals surface area contributed by atoms with Crippen molar-refractivity contribution in [2.24, 2.45) is 5.73 Å². The van der Waals surface area contributed by atoms with E-state index in [2.05, 4.69) is 0 Å². The van der Waals surface area contributed by atoms with Gasteiger partial charge >= 0.3 is 5.97 Å². The van der Waals surface area contributed by atoms with E-state index in [0.29, 0.717) is 0 Å². The third kappa shape index (κ3) is 4.11. The molecule has 1 aromatic rings. The summed E-state index contributed by atoms with van der Waals surface area (Å²) in [5.41, 5.74) is 6.30. The molecule has 94 valence electrons. The highest BCUT2D eigenvalue weighted by Crippen LogP contribution is 2.19. The van der Waals surface area contributed by atoms with Gasteiger partial charge in [-0.1, -0.05) is 24.3 Å². The molecule has 0 saturated carbocycles. The molecule has 1 unspecified atom stereocenters. The van der Waals surface area contributed by atoms with E-state index in [1.54, 1.807) is 19.1 Å². The Morgan fingerprint density at radius 2 is 1.94 bits per heavy atom. The minimum Gasteiger partial charge on any atom is -0.465 e. The lowest BCUT2D eigenvalue weighted by Crippen LogP contribution is -2.34. The van der Waals surface area contributed by atoms with Gasteiger partial charge in [-0.2, -0.15) is 0 Å². The molecule has 1 atom stereocenters. The van der Waals surface area contributed by atoms with Crippen molar-refractivity contribution in [2.75, 3.05) is 6.61 Å². The Morgan fingerprint density at radius 3 is 2.41 bits per heavy atom. The number of rotatable bonds is 5. The number of alkyl halides is 2. The molecule has 3 nitrogen and oxygen atoms in total. The fourth-order valence-corrected chi connectivity index (χ4v) is 1.39. The average Bonchev–Trinajstić information content (AvgIpc) is 2.30. The lowest BCUT2D eigenvalue weighted by Gasteiger charge is -2.10.